The van der Waals surface area contributed by atoms with Crippen molar-refractivity contribution in [1.29, 1.82) is 0 Å². The first-order valence-corrected chi connectivity index (χ1v) is 23.5. The van der Waals surface area contributed by atoms with E-state index in [-0.39, 0.29) is 31.1 Å². The lowest BCUT2D eigenvalue weighted by molar-refractivity contribution is -0.167. The highest BCUT2D eigenvalue weighted by atomic mass is 16.6. The van der Waals surface area contributed by atoms with Crippen molar-refractivity contribution in [2.75, 3.05) is 13.2 Å². The first-order valence-electron chi connectivity index (χ1n) is 23.5. The van der Waals surface area contributed by atoms with Crippen molar-refractivity contribution in [3.05, 3.63) is 0 Å². The molecule has 0 heterocycles. The summed E-state index contributed by atoms with van der Waals surface area (Å²) in [4.78, 5) is 37.5. The molecule has 0 aliphatic carbocycles. The van der Waals surface area contributed by atoms with Gasteiger partial charge in [0.25, 0.3) is 0 Å². The van der Waals surface area contributed by atoms with E-state index in [0.29, 0.717) is 19.3 Å². The number of carbonyl (C=O) groups excluding carboxylic acids is 3. The Hall–Kier alpha value is -1.59. The van der Waals surface area contributed by atoms with Gasteiger partial charge in [0.15, 0.2) is 6.10 Å². The molecule has 0 aromatic heterocycles. The van der Waals surface area contributed by atoms with Gasteiger partial charge in [0.05, 0.1) is 0 Å². The quantitative estimate of drug-likeness (QED) is 0.0351. The molecule has 6 nitrogen and oxygen atoms in total. The van der Waals surface area contributed by atoms with Crippen LogP contribution < -0.4 is 0 Å². The van der Waals surface area contributed by atoms with Crippen molar-refractivity contribution in [2.45, 2.75) is 271 Å². The minimum absolute atomic E-state index is 0.0635. The summed E-state index contributed by atoms with van der Waals surface area (Å²) in [6.45, 7) is 6.59. The van der Waals surface area contributed by atoms with Crippen LogP contribution in [0.3, 0.4) is 0 Å². The third-order valence-electron chi connectivity index (χ3n) is 10.6. The maximum atomic E-state index is 12.6. The van der Waals surface area contributed by atoms with E-state index in [0.717, 1.165) is 57.8 Å². The van der Waals surface area contributed by atoms with E-state index in [9.17, 15) is 14.4 Å². The van der Waals surface area contributed by atoms with Crippen LogP contribution in [0.1, 0.15) is 265 Å². The molecule has 0 saturated heterocycles. The van der Waals surface area contributed by atoms with Gasteiger partial charge in [-0.05, 0) is 19.3 Å². The van der Waals surface area contributed by atoms with Crippen LogP contribution in [0.25, 0.3) is 0 Å². The van der Waals surface area contributed by atoms with Gasteiger partial charge in [0, 0.05) is 19.3 Å². The predicted molar refractivity (Wildman–Crippen MR) is 224 cm³/mol. The summed E-state index contributed by atoms with van der Waals surface area (Å²) in [5.41, 5.74) is 0. The molecule has 0 aliphatic rings. The summed E-state index contributed by atoms with van der Waals surface area (Å²) in [7, 11) is 0. The van der Waals surface area contributed by atoms with Crippen LogP contribution in [0.4, 0.5) is 0 Å². The molecule has 0 bridgehead atoms. The molecule has 0 saturated carbocycles. The van der Waals surface area contributed by atoms with Gasteiger partial charge in [0.2, 0.25) is 0 Å². The highest BCUT2D eigenvalue weighted by Gasteiger charge is 2.19. The Morgan fingerprint density at radius 3 is 0.755 bits per heavy atom. The highest BCUT2D eigenvalue weighted by Crippen LogP contribution is 2.16. The van der Waals surface area contributed by atoms with Crippen LogP contribution in [0, 0.1) is 0 Å². The summed E-state index contributed by atoms with van der Waals surface area (Å²) >= 11 is 0. The summed E-state index contributed by atoms with van der Waals surface area (Å²) < 4.78 is 16.6. The van der Waals surface area contributed by atoms with E-state index in [1.165, 1.54) is 167 Å². The molecule has 0 N–H and O–H groups in total. The Kier molecular flexibility index (Phi) is 41.8. The fourth-order valence-electron chi connectivity index (χ4n) is 7.03. The molecule has 0 fully saturated rings. The summed E-state index contributed by atoms with van der Waals surface area (Å²) in [5, 5.41) is 0. The second-order valence-electron chi connectivity index (χ2n) is 16.0. The monoisotopic (exact) mass is 751 g/mol. The van der Waals surface area contributed by atoms with Crippen molar-refractivity contribution in [2.24, 2.45) is 0 Å². The lowest BCUT2D eigenvalue weighted by Crippen LogP contribution is -2.30. The molecular formula is C47H90O6. The standard InChI is InChI=1S/C47H90O6/c1-4-7-10-13-16-18-20-21-22-23-24-25-26-27-28-30-31-34-37-40-46(49)52-43-44(42-51-45(48)39-36-33-15-12-9-6-3)53-47(50)41-38-35-32-29-19-17-14-11-8-5-2/h44H,4-43H2,1-3H3. The van der Waals surface area contributed by atoms with Crippen molar-refractivity contribution < 1.29 is 28.6 Å². The molecule has 1 unspecified atom stereocenters. The Balaban J connectivity index is 4.11. The normalized spacial score (nSPS) is 11.8. The van der Waals surface area contributed by atoms with Crippen LogP contribution in [0.15, 0.2) is 0 Å². The molecule has 0 aliphatic heterocycles. The Bertz CT molecular complexity index is 783. The van der Waals surface area contributed by atoms with Gasteiger partial charge < -0.3 is 14.2 Å². The zero-order valence-corrected chi connectivity index (χ0v) is 35.8. The van der Waals surface area contributed by atoms with Crippen LogP contribution in [0.2, 0.25) is 0 Å². The van der Waals surface area contributed by atoms with Gasteiger partial charge in [-0.2, -0.15) is 0 Å². The van der Waals surface area contributed by atoms with Crippen molar-refractivity contribution in [3.63, 3.8) is 0 Å². The average molecular weight is 751 g/mol. The lowest BCUT2D eigenvalue weighted by Gasteiger charge is -2.18. The Labute approximate surface area is 329 Å². The van der Waals surface area contributed by atoms with Crippen molar-refractivity contribution in [1.82, 2.24) is 0 Å². The minimum Gasteiger partial charge on any atom is -0.462 e. The van der Waals surface area contributed by atoms with Crippen LogP contribution in [-0.2, 0) is 28.6 Å². The van der Waals surface area contributed by atoms with Crippen LogP contribution >= 0.6 is 0 Å². The molecule has 0 aromatic rings. The average Bonchev–Trinajstić information content (AvgIpc) is 3.15. The zero-order chi connectivity index (χ0) is 38.7. The molecule has 0 rings (SSSR count). The maximum absolute atomic E-state index is 12.6. The topological polar surface area (TPSA) is 78.9 Å². The highest BCUT2D eigenvalue weighted by molar-refractivity contribution is 5.71. The van der Waals surface area contributed by atoms with Gasteiger partial charge in [0.1, 0.15) is 13.2 Å². The van der Waals surface area contributed by atoms with Gasteiger partial charge in [-0.1, -0.05) is 226 Å². The smallest absolute Gasteiger partial charge is 0.306 e. The number of hydrogen-bond donors (Lipinski definition) is 0. The van der Waals surface area contributed by atoms with Crippen molar-refractivity contribution >= 4 is 17.9 Å². The van der Waals surface area contributed by atoms with E-state index >= 15 is 0 Å². The number of carbonyl (C=O) groups is 3. The summed E-state index contributed by atoms with van der Waals surface area (Å²) in [6.07, 6.45) is 44.0. The van der Waals surface area contributed by atoms with Gasteiger partial charge in [-0.25, -0.2) is 0 Å². The fourth-order valence-corrected chi connectivity index (χ4v) is 7.03. The molecule has 0 amide bonds. The molecule has 6 heteroatoms. The van der Waals surface area contributed by atoms with E-state index in [4.69, 9.17) is 14.2 Å². The second kappa shape index (κ2) is 43.1. The van der Waals surface area contributed by atoms with E-state index in [2.05, 4.69) is 20.8 Å². The van der Waals surface area contributed by atoms with Gasteiger partial charge >= 0.3 is 17.9 Å². The molecule has 314 valence electrons. The number of hydrogen-bond acceptors (Lipinski definition) is 6. The Morgan fingerprint density at radius 2 is 0.509 bits per heavy atom. The van der Waals surface area contributed by atoms with Crippen LogP contribution in [-0.4, -0.2) is 37.2 Å². The number of rotatable bonds is 43. The minimum atomic E-state index is -0.756. The summed E-state index contributed by atoms with van der Waals surface area (Å²) in [6, 6.07) is 0. The molecule has 0 aromatic carbocycles. The number of esters is 3. The fraction of sp³-hybridized carbons (Fsp3) is 0.936. The Morgan fingerprint density at radius 1 is 0.302 bits per heavy atom. The second-order valence-corrected chi connectivity index (χ2v) is 16.0. The van der Waals surface area contributed by atoms with Gasteiger partial charge in [-0.15, -0.1) is 0 Å². The first-order chi connectivity index (χ1) is 26.0. The molecular weight excluding hydrogens is 661 g/mol. The SMILES string of the molecule is CCCCCCCCCCCCCCCCCCCCCC(=O)OCC(COC(=O)CCCCCCCC)OC(=O)CCCCCCCCCCCC. The van der Waals surface area contributed by atoms with E-state index in [1.807, 2.05) is 0 Å². The molecule has 0 spiro atoms. The third kappa shape index (κ3) is 41.4. The van der Waals surface area contributed by atoms with E-state index < -0.39 is 6.10 Å². The summed E-state index contributed by atoms with van der Waals surface area (Å²) in [5.74, 6) is -0.862. The van der Waals surface area contributed by atoms with Crippen molar-refractivity contribution in [3.8, 4) is 0 Å². The first kappa shape index (κ1) is 51.4. The number of ether oxygens (including phenoxy) is 3. The molecule has 53 heavy (non-hydrogen) atoms. The van der Waals surface area contributed by atoms with E-state index in [1.54, 1.807) is 0 Å². The maximum Gasteiger partial charge on any atom is 0.306 e. The van der Waals surface area contributed by atoms with Gasteiger partial charge in [-0.3, -0.25) is 14.4 Å². The predicted octanol–water partition coefficient (Wildman–Crippen LogP) is 14.9. The number of unbranched alkanes of at least 4 members (excludes halogenated alkanes) is 32. The largest absolute Gasteiger partial charge is 0.462 e. The molecule has 1 atom stereocenters. The van der Waals surface area contributed by atoms with Crippen LogP contribution in [0.5, 0.6) is 0 Å². The third-order valence-corrected chi connectivity index (χ3v) is 10.6. The molecule has 0 radical (unpaired) electrons. The lowest BCUT2D eigenvalue weighted by atomic mass is 10.0. The zero-order valence-electron chi connectivity index (χ0n) is 35.8.